The van der Waals surface area contributed by atoms with Gasteiger partial charge in [0.1, 0.15) is 23.3 Å². The van der Waals surface area contributed by atoms with E-state index >= 15 is 0 Å². The molecule has 5 aromatic rings. The van der Waals surface area contributed by atoms with Crippen molar-refractivity contribution in [3.8, 4) is 17.1 Å². The van der Waals surface area contributed by atoms with Crippen LogP contribution in [0.15, 0.2) is 120 Å². The van der Waals surface area contributed by atoms with Crippen molar-refractivity contribution in [1.82, 2.24) is 10.3 Å². The number of para-hydroxylation sites is 1. The molecule has 2 unspecified atom stereocenters. The number of thiocarbonyl (C=S) groups is 1. The number of nitrogens with one attached hydrogen (secondary N) is 2. The second-order valence-electron chi connectivity index (χ2n) is 9.40. The molecule has 1 saturated heterocycles. The van der Waals surface area contributed by atoms with E-state index in [0.29, 0.717) is 21.6 Å². The van der Waals surface area contributed by atoms with Crippen LogP contribution < -0.4 is 20.3 Å². The lowest BCUT2D eigenvalue weighted by Gasteiger charge is -2.26. The maximum absolute atomic E-state index is 12.4. The van der Waals surface area contributed by atoms with Gasteiger partial charge in [-0.05, 0) is 97.1 Å². The number of nitrogens with zero attached hydrogens (tertiary/aromatic N) is 2. The third-order valence-electron chi connectivity index (χ3n) is 6.69. The molecule has 1 aliphatic rings. The van der Waals surface area contributed by atoms with Crippen LogP contribution in [0.5, 0.6) is 5.75 Å². The molecule has 0 saturated carbocycles. The van der Waals surface area contributed by atoms with E-state index in [2.05, 4.69) is 15.6 Å². The molecule has 7 nitrogen and oxygen atoms in total. The van der Waals surface area contributed by atoms with E-state index < -0.39 is 0 Å². The SMILES string of the molecule is O=C(COc1ccccc1)Nc1ccc(N2C(=S)NC(c3ccccn3)C2c2ccc(-c3ccc(Cl)cc3)o2)cc1. The molecule has 0 spiro atoms. The Balaban J connectivity index is 1.25. The summed E-state index contributed by atoms with van der Waals surface area (Å²) < 4.78 is 11.9. The molecule has 1 aliphatic heterocycles. The normalized spacial score (nSPS) is 16.3. The summed E-state index contributed by atoms with van der Waals surface area (Å²) in [5, 5.41) is 7.52. The number of amides is 1. The minimum atomic E-state index is -0.307. The Morgan fingerprint density at radius 2 is 1.71 bits per heavy atom. The zero-order valence-electron chi connectivity index (χ0n) is 21.7. The monoisotopic (exact) mass is 580 g/mol. The van der Waals surface area contributed by atoms with Gasteiger partial charge in [0.2, 0.25) is 0 Å². The van der Waals surface area contributed by atoms with E-state index in [1.807, 2.05) is 102 Å². The largest absolute Gasteiger partial charge is 0.484 e. The Bertz CT molecular complexity index is 1640. The number of benzene rings is 3. The van der Waals surface area contributed by atoms with Gasteiger partial charge in [0.15, 0.2) is 11.7 Å². The van der Waals surface area contributed by atoms with Gasteiger partial charge < -0.3 is 24.7 Å². The Hall–Kier alpha value is -4.66. The fraction of sp³-hybridized carbons (Fsp3) is 0.0938. The van der Waals surface area contributed by atoms with Crippen molar-refractivity contribution in [2.24, 2.45) is 0 Å². The van der Waals surface area contributed by atoms with Gasteiger partial charge in [-0.2, -0.15) is 0 Å². The topological polar surface area (TPSA) is 79.6 Å². The molecule has 2 N–H and O–H groups in total. The van der Waals surface area contributed by atoms with Crippen molar-refractivity contribution < 1.29 is 13.9 Å². The van der Waals surface area contributed by atoms with E-state index in [0.717, 1.165) is 28.5 Å². The summed E-state index contributed by atoms with van der Waals surface area (Å²) in [7, 11) is 0. The number of hydrogen-bond acceptors (Lipinski definition) is 5. The van der Waals surface area contributed by atoms with Crippen molar-refractivity contribution in [3.63, 3.8) is 0 Å². The van der Waals surface area contributed by atoms with Crippen molar-refractivity contribution in [1.29, 1.82) is 0 Å². The van der Waals surface area contributed by atoms with E-state index in [9.17, 15) is 4.79 Å². The fourth-order valence-corrected chi connectivity index (χ4v) is 5.24. The number of carbonyl (C=O) groups is 1. The number of pyridine rings is 1. The lowest BCUT2D eigenvalue weighted by Crippen LogP contribution is -2.29. The highest BCUT2D eigenvalue weighted by atomic mass is 35.5. The molecule has 2 atom stereocenters. The van der Waals surface area contributed by atoms with E-state index in [-0.39, 0.29) is 24.6 Å². The van der Waals surface area contributed by atoms with Crippen molar-refractivity contribution in [2.45, 2.75) is 12.1 Å². The molecule has 0 bridgehead atoms. The molecule has 204 valence electrons. The van der Waals surface area contributed by atoms with E-state index in [1.165, 1.54) is 0 Å². The molecule has 0 aliphatic carbocycles. The summed E-state index contributed by atoms with van der Waals surface area (Å²) in [5.74, 6) is 1.84. The van der Waals surface area contributed by atoms with E-state index in [1.54, 1.807) is 18.3 Å². The van der Waals surface area contributed by atoms with Crippen LogP contribution in [0.1, 0.15) is 23.5 Å². The van der Waals surface area contributed by atoms with Crippen LogP contribution in [-0.2, 0) is 4.79 Å². The van der Waals surface area contributed by atoms with Gasteiger partial charge >= 0.3 is 0 Å². The number of carbonyl (C=O) groups excluding carboxylic acids is 1. The Labute approximate surface area is 247 Å². The lowest BCUT2D eigenvalue weighted by molar-refractivity contribution is -0.118. The van der Waals surface area contributed by atoms with Crippen LogP contribution in [-0.4, -0.2) is 22.6 Å². The molecular weight excluding hydrogens is 556 g/mol. The average Bonchev–Trinajstić information content (AvgIpc) is 3.63. The van der Waals surface area contributed by atoms with Crippen LogP contribution in [0.4, 0.5) is 11.4 Å². The van der Waals surface area contributed by atoms with Crippen LogP contribution in [0.25, 0.3) is 11.3 Å². The summed E-state index contributed by atoms with van der Waals surface area (Å²) in [4.78, 5) is 19.1. The molecule has 9 heteroatoms. The zero-order chi connectivity index (χ0) is 28.2. The van der Waals surface area contributed by atoms with Crippen LogP contribution in [0.3, 0.4) is 0 Å². The van der Waals surface area contributed by atoms with Gasteiger partial charge in [-0.15, -0.1) is 0 Å². The number of aromatic nitrogens is 1. The highest BCUT2D eigenvalue weighted by Gasteiger charge is 2.42. The first-order valence-electron chi connectivity index (χ1n) is 13.0. The average molecular weight is 581 g/mol. The third-order valence-corrected chi connectivity index (χ3v) is 7.25. The number of rotatable bonds is 8. The first-order valence-corrected chi connectivity index (χ1v) is 13.8. The van der Waals surface area contributed by atoms with Gasteiger partial charge in [0.25, 0.3) is 5.91 Å². The van der Waals surface area contributed by atoms with Gasteiger partial charge in [0.05, 0.1) is 11.7 Å². The maximum Gasteiger partial charge on any atom is 0.262 e. The molecule has 1 fully saturated rings. The van der Waals surface area contributed by atoms with Gasteiger partial charge in [0, 0.05) is 28.2 Å². The van der Waals surface area contributed by atoms with Crippen molar-refractivity contribution >= 4 is 46.2 Å². The number of anilines is 2. The molecule has 1 amide bonds. The molecular formula is C32H25ClN4O3S. The highest BCUT2D eigenvalue weighted by molar-refractivity contribution is 7.80. The first-order chi connectivity index (χ1) is 20.0. The molecule has 41 heavy (non-hydrogen) atoms. The second-order valence-corrected chi connectivity index (χ2v) is 10.2. The number of furan rings is 1. The number of halogens is 1. The predicted molar refractivity (Wildman–Crippen MR) is 164 cm³/mol. The quantitative estimate of drug-likeness (QED) is 0.188. The van der Waals surface area contributed by atoms with Gasteiger partial charge in [-0.1, -0.05) is 35.9 Å². The van der Waals surface area contributed by atoms with E-state index in [4.69, 9.17) is 33.0 Å². The zero-order valence-corrected chi connectivity index (χ0v) is 23.3. The molecule has 0 radical (unpaired) electrons. The first kappa shape index (κ1) is 26.6. The summed E-state index contributed by atoms with van der Waals surface area (Å²) in [6.07, 6.45) is 1.76. The fourth-order valence-electron chi connectivity index (χ4n) is 4.77. The Morgan fingerprint density at radius 3 is 2.44 bits per heavy atom. The van der Waals surface area contributed by atoms with Crippen LogP contribution >= 0.6 is 23.8 Å². The summed E-state index contributed by atoms with van der Waals surface area (Å²) >= 11 is 11.9. The predicted octanol–water partition coefficient (Wildman–Crippen LogP) is 7.19. The smallest absolute Gasteiger partial charge is 0.262 e. The van der Waals surface area contributed by atoms with Crippen molar-refractivity contribution in [2.75, 3.05) is 16.8 Å². The highest BCUT2D eigenvalue weighted by Crippen LogP contribution is 2.43. The minimum Gasteiger partial charge on any atom is -0.484 e. The molecule has 3 heterocycles. The third kappa shape index (κ3) is 5.94. The van der Waals surface area contributed by atoms with Crippen LogP contribution in [0, 0.1) is 0 Å². The minimum absolute atomic E-state index is 0.0891. The second kappa shape index (κ2) is 11.8. The van der Waals surface area contributed by atoms with Crippen LogP contribution in [0.2, 0.25) is 5.02 Å². The number of ether oxygens (including phenoxy) is 1. The molecule has 6 rings (SSSR count). The summed E-state index contributed by atoms with van der Waals surface area (Å²) in [6.45, 7) is -0.0891. The molecule has 3 aromatic carbocycles. The Morgan fingerprint density at radius 1 is 0.951 bits per heavy atom. The lowest BCUT2D eigenvalue weighted by atomic mass is 10.0. The standard InChI is InChI=1S/C32H25ClN4O3S/c33-22-11-9-21(10-12-22)27-17-18-28(40-27)31-30(26-8-4-5-19-34-26)36-32(41)37(31)24-15-13-23(14-16-24)35-29(38)20-39-25-6-2-1-3-7-25/h1-19,30-31H,20H2,(H,35,38)(H,36,41). The van der Waals surface area contributed by atoms with Crippen molar-refractivity contribution in [3.05, 3.63) is 132 Å². The van der Waals surface area contributed by atoms with Gasteiger partial charge in [-0.25, -0.2) is 0 Å². The summed E-state index contributed by atoms with van der Waals surface area (Å²) in [5.41, 5.74) is 3.25. The van der Waals surface area contributed by atoms with Gasteiger partial charge in [-0.3, -0.25) is 9.78 Å². The maximum atomic E-state index is 12.4. The number of hydrogen-bond donors (Lipinski definition) is 2. The Kier molecular flexibility index (Phi) is 7.67. The summed E-state index contributed by atoms with van der Waals surface area (Å²) in [6, 6.07) is 33.4. The molecule has 2 aromatic heterocycles.